The van der Waals surface area contributed by atoms with Crippen molar-refractivity contribution in [2.45, 2.75) is 51.2 Å². The van der Waals surface area contributed by atoms with Crippen LogP contribution < -0.4 is 5.32 Å². The van der Waals surface area contributed by atoms with Crippen LogP contribution in [0, 0.1) is 6.92 Å². The minimum atomic E-state index is 0.393. The van der Waals surface area contributed by atoms with Crippen molar-refractivity contribution in [3.05, 3.63) is 16.1 Å². The number of nitrogens with zero attached hydrogens (tertiary/aromatic N) is 2. The molecule has 0 amide bonds. The largest absolute Gasteiger partial charge is 0.305 e. The Hall–Kier alpha value is -0.450. The standard InChI is InChI=1S/C13H21N3S/c1-9(13-8-17-10(2)15-13)14-11-5-6-16(7-11)12-3-4-12/h8-9,11-12,14H,3-7H2,1-2H3. The van der Waals surface area contributed by atoms with Gasteiger partial charge in [-0.3, -0.25) is 4.90 Å². The molecule has 2 atom stereocenters. The number of aryl methyl sites for hydroxylation is 1. The van der Waals surface area contributed by atoms with Crippen molar-refractivity contribution in [2.24, 2.45) is 0 Å². The lowest BCUT2D eigenvalue weighted by atomic mass is 10.2. The summed E-state index contributed by atoms with van der Waals surface area (Å²) in [6.07, 6.45) is 4.14. The topological polar surface area (TPSA) is 28.2 Å². The van der Waals surface area contributed by atoms with E-state index in [1.54, 1.807) is 11.3 Å². The quantitative estimate of drug-likeness (QED) is 0.890. The number of rotatable bonds is 4. The van der Waals surface area contributed by atoms with E-state index in [1.807, 2.05) is 0 Å². The Labute approximate surface area is 107 Å². The van der Waals surface area contributed by atoms with E-state index >= 15 is 0 Å². The fourth-order valence-corrected chi connectivity index (χ4v) is 3.42. The zero-order chi connectivity index (χ0) is 11.8. The molecule has 1 aliphatic heterocycles. The number of aromatic nitrogens is 1. The predicted octanol–water partition coefficient (Wildman–Crippen LogP) is 2.34. The summed E-state index contributed by atoms with van der Waals surface area (Å²) in [6, 6.07) is 1.97. The van der Waals surface area contributed by atoms with Crippen LogP contribution in [0.4, 0.5) is 0 Å². The van der Waals surface area contributed by atoms with Crippen LogP contribution in [-0.4, -0.2) is 35.1 Å². The minimum Gasteiger partial charge on any atom is -0.305 e. The molecule has 1 N–H and O–H groups in total. The van der Waals surface area contributed by atoms with Crippen LogP contribution in [0.1, 0.15) is 42.9 Å². The number of thiazole rings is 1. The molecule has 94 valence electrons. The SMILES string of the molecule is Cc1nc(C(C)NC2CCN(C3CC3)C2)cs1. The highest BCUT2D eigenvalue weighted by Gasteiger charge is 2.34. The van der Waals surface area contributed by atoms with Crippen molar-refractivity contribution in [3.63, 3.8) is 0 Å². The molecule has 1 aromatic rings. The first kappa shape index (κ1) is 11.6. The lowest BCUT2D eigenvalue weighted by Crippen LogP contribution is -2.35. The van der Waals surface area contributed by atoms with E-state index < -0.39 is 0 Å². The number of hydrogen-bond acceptors (Lipinski definition) is 4. The molecule has 2 unspecified atom stereocenters. The van der Waals surface area contributed by atoms with E-state index in [0.717, 1.165) is 6.04 Å². The first-order chi connectivity index (χ1) is 8.22. The Morgan fingerprint density at radius 2 is 2.29 bits per heavy atom. The zero-order valence-corrected chi connectivity index (χ0v) is 11.5. The summed E-state index contributed by atoms with van der Waals surface area (Å²) in [5, 5.41) is 7.07. The van der Waals surface area contributed by atoms with Crippen LogP contribution in [0.2, 0.25) is 0 Å². The Balaban J connectivity index is 1.53. The van der Waals surface area contributed by atoms with Crippen LogP contribution in [0.25, 0.3) is 0 Å². The third-order valence-corrected chi connectivity index (χ3v) is 4.64. The number of likely N-dealkylation sites (tertiary alicyclic amines) is 1. The monoisotopic (exact) mass is 251 g/mol. The van der Waals surface area contributed by atoms with Gasteiger partial charge in [0, 0.05) is 36.6 Å². The van der Waals surface area contributed by atoms with E-state index in [1.165, 1.54) is 43.1 Å². The summed E-state index contributed by atoms with van der Waals surface area (Å²) in [6.45, 7) is 6.82. The number of hydrogen-bond donors (Lipinski definition) is 1. The van der Waals surface area contributed by atoms with E-state index in [2.05, 4.69) is 34.4 Å². The normalized spacial score (nSPS) is 27.5. The van der Waals surface area contributed by atoms with E-state index in [4.69, 9.17) is 0 Å². The van der Waals surface area contributed by atoms with Gasteiger partial charge in [0.2, 0.25) is 0 Å². The molecule has 3 nitrogen and oxygen atoms in total. The fraction of sp³-hybridized carbons (Fsp3) is 0.769. The summed E-state index contributed by atoms with van der Waals surface area (Å²) in [4.78, 5) is 7.21. The smallest absolute Gasteiger partial charge is 0.0898 e. The van der Waals surface area contributed by atoms with Gasteiger partial charge < -0.3 is 5.32 Å². The maximum Gasteiger partial charge on any atom is 0.0898 e. The molecule has 1 aliphatic carbocycles. The van der Waals surface area contributed by atoms with Crippen molar-refractivity contribution < 1.29 is 0 Å². The van der Waals surface area contributed by atoms with Crippen molar-refractivity contribution in [1.29, 1.82) is 0 Å². The molecule has 1 saturated heterocycles. The van der Waals surface area contributed by atoms with Crippen LogP contribution in [0.3, 0.4) is 0 Å². The van der Waals surface area contributed by atoms with Gasteiger partial charge in [-0.25, -0.2) is 4.98 Å². The molecule has 17 heavy (non-hydrogen) atoms. The second-order valence-corrected chi connectivity index (χ2v) is 6.45. The third kappa shape index (κ3) is 2.69. The Morgan fingerprint density at radius 1 is 1.47 bits per heavy atom. The summed E-state index contributed by atoms with van der Waals surface area (Å²) < 4.78 is 0. The highest BCUT2D eigenvalue weighted by molar-refractivity contribution is 7.09. The van der Waals surface area contributed by atoms with Crippen molar-refractivity contribution in [3.8, 4) is 0 Å². The van der Waals surface area contributed by atoms with E-state index in [-0.39, 0.29) is 0 Å². The van der Waals surface area contributed by atoms with Crippen LogP contribution >= 0.6 is 11.3 Å². The minimum absolute atomic E-state index is 0.393. The summed E-state index contributed by atoms with van der Waals surface area (Å²) in [5.74, 6) is 0. The molecule has 2 aliphatic rings. The van der Waals surface area contributed by atoms with Gasteiger partial charge in [-0.2, -0.15) is 0 Å². The molecule has 0 radical (unpaired) electrons. The van der Waals surface area contributed by atoms with Gasteiger partial charge in [0.05, 0.1) is 10.7 Å². The Kier molecular flexibility index (Phi) is 3.19. The van der Waals surface area contributed by atoms with Crippen LogP contribution in [0.15, 0.2) is 5.38 Å². The zero-order valence-electron chi connectivity index (χ0n) is 10.6. The molecule has 4 heteroatoms. The van der Waals surface area contributed by atoms with E-state index in [9.17, 15) is 0 Å². The highest BCUT2D eigenvalue weighted by atomic mass is 32.1. The fourth-order valence-electron chi connectivity index (χ4n) is 2.71. The van der Waals surface area contributed by atoms with Crippen LogP contribution in [0.5, 0.6) is 0 Å². The van der Waals surface area contributed by atoms with Gasteiger partial charge in [-0.05, 0) is 33.1 Å². The molecular formula is C13H21N3S. The van der Waals surface area contributed by atoms with Crippen molar-refractivity contribution >= 4 is 11.3 Å². The average Bonchev–Trinajstić information content (AvgIpc) is 2.90. The van der Waals surface area contributed by atoms with Gasteiger partial charge in [0.25, 0.3) is 0 Å². The second-order valence-electron chi connectivity index (χ2n) is 5.39. The van der Waals surface area contributed by atoms with Crippen LogP contribution in [-0.2, 0) is 0 Å². The lowest BCUT2D eigenvalue weighted by molar-refractivity contribution is 0.313. The summed E-state index contributed by atoms with van der Waals surface area (Å²) in [7, 11) is 0. The van der Waals surface area contributed by atoms with E-state index in [0.29, 0.717) is 12.1 Å². The molecule has 2 heterocycles. The van der Waals surface area contributed by atoms with Gasteiger partial charge in [-0.15, -0.1) is 11.3 Å². The Morgan fingerprint density at radius 3 is 2.94 bits per heavy atom. The molecule has 0 bridgehead atoms. The molecule has 2 fully saturated rings. The van der Waals surface area contributed by atoms with Crippen molar-refractivity contribution in [1.82, 2.24) is 15.2 Å². The summed E-state index contributed by atoms with van der Waals surface area (Å²) in [5.41, 5.74) is 1.21. The van der Waals surface area contributed by atoms with Crippen molar-refractivity contribution in [2.75, 3.05) is 13.1 Å². The maximum absolute atomic E-state index is 4.56. The van der Waals surface area contributed by atoms with Gasteiger partial charge in [-0.1, -0.05) is 0 Å². The Bertz CT molecular complexity index is 386. The molecule has 3 rings (SSSR count). The first-order valence-electron chi connectivity index (χ1n) is 6.64. The van der Waals surface area contributed by atoms with Gasteiger partial charge in [0.1, 0.15) is 0 Å². The third-order valence-electron chi connectivity index (χ3n) is 3.85. The summed E-state index contributed by atoms with van der Waals surface area (Å²) >= 11 is 1.74. The lowest BCUT2D eigenvalue weighted by Gasteiger charge is -2.19. The molecular weight excluding hydrogens is 230 g/mol. The number of nitrogens with one attached hydrogen (secondary N) is 1. The predicted molar refractivity (Wildman–Crippen MR) is 71.4 cm³/mol. The van der Waals surface area contributed by atoms with Gasteiger partial charge in [0.15, 0.2) is 0 Å². The average molecular weight is 251 g/mol. The second kappa shape index (κ2) is 4.67. The molecule has 0 aromatic carbocycles. The van der Waals surface area contributed by atoms with Gasteiger partial charge >= 0.3 is 0 Å². The molecule has 1 aromatic heterocycles. The molecule has 0 spiro atoms. The molecule has 1 saturated carbocycles. The maximum atomic E-state index is 4.56. The highest BCUT2D eigenvalue weighted by Crippen LogP contribution is 2.30. The first-order valence-corrected chi connectivity index (χ1v) is 7.52.